The van der Waals surface area contributed by atoms with E-state index in [1.54, 1.807) is 0 Å². The molecule has 0 heterocycles. The molecule has 0 aromatic rings. The van der Waals surface area contributed by atoms with E-state index in [0.717, 1.165) is 12.8 Å². The molecule has 0 bridgehead atoms. The fourth-order valence-electron chi connectivity index (χ4n) is 3.48. The molecule has 2 aliphatic rings. The fourth-order valence-corrected chi connectivity index (χ4v) is 3.48. The van der Waals surface area contributed by atoms with Crippen LogP contribution in [0.2, 0.25) is 0 Å². The molecule has 0 spiro atoms. The predicted octanol–water partition coefficient (Wildman–Crippen LogP) is 2.07. The largest absolute Gasteiger partial charge is 0.390 e. The normalized spacial score (nSPS) is 37.3. The van der Waals surface area contributed by atoms with Crippen LogP contribution < -0.4 is 5.32 Å². The van der Waals surface area contributed by atoms with Gasteiger partial charge in [-0.2, -0.15) is 0 Å². The van der Waals surface area contributed by atoms with E-state index in [4.69, 9.17) is 0 Å². The third kappa shape index (κ3) is 1.82. The predicted molar refractivity (Wildman–Crippen MR) is 58.2 cm³/mol. The lowest BCUT2D eigenvalue weighted by Gasteiger charge is -2.41. The molecule has 2 nitrogen and oxygen atoms in total. The minimum absolute atomic E-state index is 0.325. The second-order valence-corrected chi connectivity index (χ2v) is 5.10. The van der Waals surface area contributed by atoms with Gasteiger partial charge >= 0.3 is 0 Å². The third-order valence-corrected chi connectivity index (χ3v) is 4.30. The van der Waals surface area contributed by atoms with Crippen molar-refractivity contribution in [3.05, 3.63) is 0 Å². The van der Waals surface area contributed by atoms with Gasteiger partial charge in [-0.15, -0.1) is 0 Å². The molecular formula is C12H23NO. The van der Waals surface area contributed by atoms with Crippen LogP contribution in [0.1, 0.15) is 51.4 Å². The zero-order chi connectivity index (χ0) is 10.0. The summed E-state index contributed by atoms with van der Waals surface area (Å²) in [6.45, 7) is 0. The topological polar surface area (TPSA) is 32.3 Å². The summed E-state index contributed by atoms with van der Waals surface area (Å²) in [7, 11) is 2.04. The molecule has 2 N–H and O–H groups in total. The Balaban J connectivity index is 2.05. The molecule has 0 radical (unpaired) electrons. The fraction of sp³-hybridized carbons (Fsp3) is 1.00. The Bertz CT molecular complexity index is 187. The molecule has 2 atom stereocenters. The second-order valence-electron chi connectivity index (χ2n) is 5.10. The quantitative estimate of drug-likeness (QED) is 0.710. The first-order valence-corrected chi connectivity index (χ1v) is 6.16. The van der Waals surface area contributed by atoms with Gasteiger partial charge in [0.15, 0.2) is 0 Å². The van der Waals surface area contributed by atoms with Crippen molar-refractivity contribution < 1.29 is 5.11 Å². The molecule has 0 aromatic carbocycles. The second kappa shape index (κ2) is 4.19. The molecule has 2 heteroatoms. The van der Waals surface area contributed by atoms with E-state index >= 15 is 0 Å². The van der Waals surface area contributed by atoms with Gasteiger partial charge in [0, 0.05) is 12.0 Å². The van der Waals surface area contributed by atoms with Crippen LogP contribution in [-0.4, -0.2) is 23.8 Å². The van der Waals surface area contributed by atoms with Gasteiger partial charge in [0.1, 0.15) is 0 Å². The van der Waals surface area contributed by atoms with Gasteiger partial charge < -0.3 is 10.4 Å². The maximum absolute atomic E-state index is 10.6. The highest BCUT2D eigenvalue weighted by atomic mass is 16.3. The summed E-state index contributed by atoms with van der Waals surface area (Å²) in [6.07, 6.45) is 9.65. The van der Waals surface area contributed by atoms with Gasteiger partial charge in [-0.25, -0.2) is 0 Å². The van der Waals surface area contributed by atoms with Crippen molar-refractivity contribution in [1.82, 2.24) is 5.32 Å². The summed E-state index contributed by atoms with van der Waals surface area (Å²) >= 11 is 0. The lowest BCUT2D eigenvalue weighted by molar-refractivity contribution is -0.0396. The summed E-state index contributed by atoms with van der Waals surface area (Å²) in [5.74, 6) is 0.517. The summed E-state index contributed by atoms with van der Waals surface area (Å²) in [4.78, 5) is 0. The standard InChI is InChI=1S/C12H23NO/c1-13-11-7-3-2-6-10(11)12(14)8-4-5-9-12/h10-11,13-14H,2-9H2,1H3/t10-,11+/m0/s1. The van der Waals surface area contributed by atoms with Crippen LogP contribution >= 0.6 is 0 Å². The average molecular weight is 197 g/mol. The minimum Gasteiger partial charge on any atom is -0.390 e. The van der Waals surface area contributed by atoms with Crippen LogP contribution in [0.4, 0.5) is 0 Å². The lowest BCUT2D eigenvalue weighted by Crippen LogP contribution is -2.48. The smallest absolute Gasteiger partial charge is 0.0690 e. The van der Waals surface area contributed by atoms with Crippen LogP contribution in [0.15, 0.2) is 0 Å². The van der Waals surface area contributed by atoms with Crippen molar-refractivity contribution in [2.45, 2.75) is 63.0 Å². The maximum atomic E-state index is 10.6. The summed E-state index contributed by atoms with van der Waals surface area (Å²) in [5, 5.41) is 14.0. The van der Waals surface area contributed by atoms with Crippen LogP contribution in [0.5, 0.6) is 0 Å². The molecule has 2 rings (SSSR count). The average Bonchev–Trinajstić information content (AvgIpc) is 2.66. The summed E-state index contributed by atoms with van der Waals surface area (Å²) in [6, 6.07) is 0.562. The van der Waals surface area contributed by atoms with E-state index in [1.807, 2.05) is 7.05 Å². The molecule has 0 aliphatic heterocycles. The van der Waals surface area contributed by atoms with E-state index in [-0.39, 0.29) is 5.60 Å². The van der Waals surface area contributed by atoms with Crippen molar-refractivity contribution in [1.29, 1.82) is 0 Å². The highest BCUT2D eigenvalue weighted by Gasteiger charge is 2.43. The van der Waals surface area contributed by atoms with E-state index in [2.05, 4.69) is 5.32 Å². The molecule has 2 saturated carbocycles. The van der Waals surface area contributed by atoms with E-state index in [1.165, 1.54) is 38.5 Å². The number of nitrogens with one attached hydrogen (secondary N) is 1. The van der Waals surface area contributed by atoms with Crippen molar-refractivity contribution in [3.8, 4) is 0 Å². The van der Waals surface area contributed by atoms with E-state index in [9.17, 15) is 5.11 Å². The minimum atomic E-state index is -0.325. The van der Waals surface area contributed by atoms with E-state index in [0.29, 0.717) is 12.0 Å². The van der Waals surface area contributed by atoms with Gasteiger partial charge in [-0.05, 0) is 32.7 Å². The lowest BCUT2D eigenvalue weighted by atomic mass is 9.73. The highest BCUT2D eigenvalue weighted by molar-refractivity contribution is 4.97. The van der Waals surface area contributed by atoms with Crippen molar-refractivity contribution >= 4 is 0 Å². The van der Waals surface area contributed by atoms with Gasteiger partial charge in [0.2, 0.25) is 0 Å². The molecule has 14 heavy (non-hydrogen) atoms. The molecule has 0 unspecified atom stereocenters. The van der Waals surface area contributed by atoms with Crippen molar-refractivity contribution in [3.63, 3.8) is 0 Å². The number of hydrogen-bond donors (Lipinski definition) is 2. The summed E-state index contributed by atoms with van der Waals surface area (Å²) < 4.78 is 0. The highest BCUT2D eigenvalue weighted by Crippen LogP contribution is 2.42. The monoisotopic (exact) mass is 197 g/mol. The number of rotatable bonds is 2. The molecular weight excluding hydrogens is 174 g/mol. The first kappa shape index (κ1) is 10.4. The van der Waals surface area contributed by atoms with Gasteiger partial charge in [0.05, 0.1) is 5.60 Å². The Morgan fingerprint density at radius 3 is 2.36 bits per heavy atom. The van der Waals surface area contributed by atoms with Crippen LogP contribution in [0.3, 0.4) is 0 Å². The number of hydrogen-bond acceptors (Lipinski definition) is 2. The summed E-state index contributed by atoms with van der Waals surface area (Å²) in [5.41, 5.74) is -0.325. The molecule has 0 aromatic heterocycles. The molecule has 82 valence electrons. The van der Waals surface area contributed by atoms with Gasteiger partial charge in [-0.3, -0.25) is 0 Å². The third-order valence-electron chi connectivity index (χ3n) is 4.30. The van der Waals surface area contributed by atoms with Crippen molar-refractivity contribution in [2.75, 3.05) is 7.05 Å². The van der Waals surface area contributed by atoms with Crippen LogP contribution in [0.25, 0.3) is 0 Å². The Labute approximate surface area is 87.1 Å². The molecule has 2 aliphatic carbocycles. The zero-order valence-electron chi connectivity index (χ0n) is 9.26. The first-order valence-electron chi connectivity index (χ1n) is 6.16. The van der Waals surface area contributed by atoms with Crippen LogP contribution in [0, 0.1) is 5.92 Å². The Kier molecular flexibility index (Phi) is 3.13. The zero-order valence-corrected chi connectivity index (χ0v) is 9.26. The van der Waals surface area contributed by atoms with Crippen LogP contribution in [-0.2, 0) is 0 Å². The molecule has 0 saturated heterocycles. The Morgan fingerprint density at radius 1 is 1.07 bits per heavy atom. The molecule has 0 amide bonds. The van der Waals surface area contributed by atoms with Gasteiger partial charge in [-0.1, -0.05) is 25.7 Å². The Hall–Kier alpha value is -0.0800. The number of aliphatic hydroxyl groups is 1. The molecule has 2 fully saturated rings. The van der Waals surface area contributed by atoms with Crippen molar-refractivity contribution in [2.24, 2.45) is 5.92 Å². The SMILES string of the molecule is CN[C@@H]1CCCC[C@@H]1C1(O)CCCC1. The first-order chi connectivity index (χ1) is 6.76. The van der Waals surface area contributed by atoms with Gasteiger partial charge in [0.25, 0.3) is 0 Å². The van der Waals surface area contributed by atoms with E-state index < -0.39 is 0 Å². The maximum Gasteiger partial charge on any atom is 0.0690 e. The Morgan fingerprint density at radius 2 is 1.71 bits per heavy atom.